The van der Waals surface area contributed by atoms with E-state index in [2.05, 4.69) is 16.7 Å². The number of aryl methyl sites for hydroxylation is 1. The fraction of sp³-hybridized carbons (Fsp3) is 0.200. The van der Waals surface area contributed by atoms with Crippen molar-refractivity contribution in [1.82, 2.24) is 4.68 Å². The van der Waals surface area contributed by atoms with Crippen molar-refractivity contribution in [3.63, 3.8) is 0 Å². The van der Waals surface area contributed by atoms with Gasteiger partial charge in [-0.2, -0.15) is 5.10 Å². The topological polar surface area (TPSA) is 70.1 Å². The molecule has 0 spiro atoms. The lowest BCUT2D eigenvalue weighted by Crippen LogP contribution is -2.13. The lowest BCUT2D eigenvalue weighted by molar-refractivity contribution is 0.450. The summed E-state index contributed by atoms with van der Waals surface area (Å²) in [6.45, 7) is 8.24. The van der Waals surface area contributed by atoms with Crippen LogP contribution in [0.25, 0.3) is 0 Å². The van der Waals surface area contributed by atoms with Crippen molar-refractivity contribution in [1.29, 1.82) is 0 Å². The molecule has 2 aromatic rings. The van der Waals surface area contributed by atoms with Crippen molar-refractivity contribution < 1.29 is 10.2 Å². The number of nitrogens with zero attached hydrogens (tertiary/aromatic N) is 3. The average Bonchev–Trinajstić information content (AvgIpc) is 2.76. The third-order valence-corrected chi connectivity index (χ3v) is 3.63. The molecule has 5 nitrogen and oxygen atoms in total. The molecule has 0 aliphatic rings. The largest absolute Gasteiger partial charge is 0.508 e. The molecule has 0 aliphatic carbocycles. The predicted molar refractivity (Wildman–Crippen MR) is 85.1 cm³/mol. The van der Waals surface area contributed by atoms with Crippen molar-refractivity contribution >= 4 is 17.6 Å². The molecule has 1 aromatic heterocycles. The number of rotatable bonds is 4. The van der Waals surface area contributed by atoms with Gasteiger partial charge in [-0.05, 0) is 26.0 Å². The van der Waals surface area contributed by atoms with E-state index in [4.69, 9.17) is 0 Å². The molecule has 2 N–H and O–H groups in total. The van der Waals surface area contributed by atoms with Gasteiger partial charge in [-0.3, -0.25) is 4.99 Å². The zero-order valence-electron chi connectivity index (χ0n) is 11.9. The van der Waals surface area contributed by atoms with Crippen LogP contribution in [0.5, 0.6) is 11.5 Å². The zero-order valence-corrected chi connectivity index (χ0v) is 12.8. The lowest BCUT2D eigenvalue weighted by atomic mass is 10.2. The van der Waals surface area contributed by atoms with Gasteiger partial charge in [-0.1, -0.05) is 12.2 Å². The van der Waals surface area contributed by atoms with Crippen LogP contribution in [-0.4, -0.2) is 27.6 Å². The molecule has 0 bridgehead atoms. The first-order valence-electron chi connectivity index (χ1n) is 6.35. The third-order valence-electron chi connectivity index (χ3n) is 2.66. The van der Waals surface area contributed by atoms with Crippen LogP contribution in [0.15, 0.2) is 45.8 Å². The monoisotopic (exact) mass is 303 g/mol. The first-order valence-corrected chi connectivity index (χ1v) is 7.23. The molecule has 21 heavy (non-hydrogen) atoms. The highest BCUT2D eigenvalue weighted by atomic mass is 32.1. The van der Waals surface area contributed by atoms with Crippen LogP contribution in [0.4, 0.5) is 0 Å². The van der Waals surface area contributed by atoms with Gasteiger partial charge in [0.15, 0.2) is 0 Å². The average molecular weight is 303 g/mol. The molecular weight excluding hydrogens is 286 g/mol. The Balaban J connectivity index is 2.35. The van der Waals surface area contributed by atoms with E-state index in [9.17, 15) is 10.2 Å². The number of benzene rings is 1. The Morgan fingerprint density at radius 3 is 2.86 bits per heavy atom. The van der Waals surface area contributed by atoms with Gasteiger partial charge in [-0.25, -0.2) is 4.68 Å². The van der Waals surface area contributed by atoms with Gasteiger partial charge in [-0.15, -0.1) is 11.3 Å². The van der Waals surface area contributed by atoms with E-state index in [1.165, 1.54) is 29.7 Å². The van der Waals surface area contributed by atoms with Crippen LogP contribution in [0.3, 0.4) is 0 Å². The number of thiazole rings is 1. The molecule has 0 amide bonds. The maximum Gasteiger partial charge on any atom is 0.206 e. The van der Waals surface area contributed by atoms with E-state index in [1.807, 2.05) is 19.2 Å². The molecule has 1 aromatic carbocycles. The fourth-order valence-corrected chi connectivity index (χ4v) is 2.40. The summed E-state index contributed by atoms with van der Waals surface area (Å²) in [6, 6.07) is 4.37. The molecule has 0 radical (unpaired) electrons. The first-order chi connectivity index (χ1) is 9.97. The van der Waals surface area contributed by atoms with E-state index in [0.717, 1.165) is 16.1 Å². The molecule has 0 atom stereocenters. The predicted octanol–water partition coefficient (Wildman–Crippen LogP) is 2.63. The summed E-state index contributed by atoms with van der Waals surface area (Å²) in [5.41, 5.74) is 2.46. The quantitative estimate of drug-likeness (QED) is 0.673. The van der Waals surface area contributed by atoms with E-state index in [-0.39, 0.29) is 11.5 Å². The Labute approximate surface area is 126 Å². The molecule has 0 unspecified atom stereocenters. The maximum absolute atomic E-state index is 9.74. The minimum Gasteiger partial charge on any atom is -0.508 e. The van der Waals surface area contributed by atoms with Gasteiger partial charge in [0.2, 0.25) is 4.80 Å². The Hall–Kier alpha value is -2.34. The first kappa shape index (κ1) is 15.1. The third kappa shape index (κ3) is 3.82. The number of aromatic nitrogens is 1. The molecule has 0 fully saturated rings. The summed E-state index contributed by atoms with van der Waals surface area (Å²) >= 11 is 1.50. The number of hydrogen-bond acceptors (Lipinski definition) is 5. The second kappa shape index (κ2) is 6.41. The summed E-state index contributed by atoms with van der Waals surface area (Å²) in [5, 5.41) is 25.3. The summed E-state index contributed by atoms with van der Waals surface area (Å²) < 4.78 is 1.71. The Morgan fingerprint density at radius 2 is 2.19 bits per heavy atom. The lowest BCUT2D eigenvalue weighted by Gasteiger charge is -2.01. The molecule has 0 saturated heterocycles. The van der Waals surface area contributed by atoms with Crippen molar-refractivity contribution in [2.24, 2.45) is 10.1 Å². The van der Waals surface area contributed by atoms with Crippen LogP contribution < -0.4 is 4.80 Å². The normalized spacial score (nSPS) is 12.2. The van der Waals surface area contributed by atoms with E-state index in [1.54, 1.807) is 10.7 Å². The van der Waals surface area contributed by atoms with Crippen LogP contribution in [0, 0.1) is 6.92 Å². The highest BCUT2D eigenvalue weighted by Gasteiger charge is 2.02. The highest BCUT2D eigenvalue weighted by Crippen LogP contribution is 2.20. The molecule has 6 heteroatoms. The molecule has 0 saturated carbocycles. The number of phenols is 2. The van der Waals surface area contributed by atoms with Crippen LogP contribution in [0.1, 0.15) is 18.2 Å². The van der Waals surface area contributed by atoms with E-state index in [0.29, 0.717) is 12.1 Å². The van der Waals surface area contributed by atoms with Crippen LogP contribution >= 0.6 is 11.3 Å². The molecular formula is C15H17N3O2S. The molecule has 110 valence electrons. The van der Waals surface area contributed by atoms with Crippen molar-refractivity contribution in [3.8, 4) is 11.5 Å². The van der Waals surface area contributed by atoms with Gasteiger partial charge in [0.1, 0.15) is 11.5 Å². The van der Waals surface area contributed by atoms with Crippen LogP contribution in [-0.2, 0) is 0 Å². The highest BCUT2D eigenvalue weighted by molar-refractivity contribution is 7.07. The van der Waals surface area contributed by atoms with Gasteiger partial charge in [0.05, 0.1) is 18.5 Å². The van der Waals surface area contributed by atoms with Gasteiger partial charge >= 0.3 is 0 Å². The Bertz CT molecular complexity index is 757. The van der Waals surface area contributed by atoms with E-state index >= 15 is 0 Å². The number of hydrogen-bond donors (Lipinski definition) is 2. The van der Waals surface area contributed by atoms with Crippen molar-refractivity contribution in [3.05, 3.63) is 51.8 Å². The van der Waals surface area contributed by atoms with E-state index < -0.39 is 0 Å². The van der Waals surface area contributed by atoms with Crippen molar-refractivity contribution in [2.45, 2.75) is 13.8 Å². The zero-order chi connectivity index (χ0) is 15.4. The SMILES string of the molecule is C=C(C)CN=c1scc(C)n1N=Cc1ccc(O)cc1O. The number of aromatic hydroxyl groups is 2. The Morgan fingerprint density at radius 1 is 1.43 bits per heavy atom. The van der Waals surface area contributed by atoms with Crippen LogP contribution in [0.2, 0.25) is 0 Å². The van der Waals surface area contributed by atoms with Gasteiger partial charge in [0.25, 0.3) is 0 Å². The molecule has 1 heterocycles. The Kier molecular flexibility index (Phi) is 4.59. The smallest absolute Gasteiger partial charge is 0.206 e. The second-order valence-corrected chi connectivity index (χ2v) is 5.57. The summed E-state index contributed by atoms with van der Waals surface area (Å²) in [6.07, 6.45) is 1.54. The second-order valence-electron chi connectivity index (χ2n) is 4.73. The van der Waals surface area contributed by atoms with Crippen molar-refractivity contribution in [2.75, 3.05) is 6.54 Å². The minimum atomic E-state index is -0.0207. The summed E-state index contributed by atoms with van der Waals surface area (Å²) in [7, 11) is 0. The summed E-state index contributed by atoms with van der Waals surface area (Å²) in [5.74, 6) is -0.00572. The summed E-state index contributed by atoms with van der Waals surface area (Å²) in [4.78, 5) is 5.21. The standard InChI is InChI=1S/C15H17N3O2S/c1-10(2)7-16-15-18(11(3)9-21-15)17-8-12-4-5-13(19)6-14(12)20/h4-6,8-9,19-20H,1,7H2,2-3H3. The number of phenolic OH excluding ortho intramolecular Hbond substituents is 2. The van der Waals surface area contributed by atoms with Gasteiger partial charge in [0, 0.05) is 17.0 Å². The molecule has 0 aliphatic heterocycles. The molecule has 2 rings (SSSR count). The minimum absolute atomic E-state index is 0.0150. The van der Waals surface area contributed by atoms with Gasteiger partial charge < -0.3 is 10.2 Å². The fourth-order valence-electron chi connectivity index (χ4n) is 1.60. The maximum atomic E-state index is 9.74.